The van der Waals surface area contributed by atoms with Crippen molar-refractivity contribution in [1.29, 1.82) is 0 Å². The van der Waals surface area contributed by atoms with Crippen LogP contribution in [0.4, 0.5) is 0 Å². The van der Waals surface area contributed by atoms with Crippen LogP contribution in [-0.2, 0) is 17.8 Å². The standard InChI is InChI=1S/C20H27N3O3S/c1-14-15(2)27-19(21-14)13-22-7-9-23(10-8-22)20(24)12-16-5-6-17(25-3)18(11-16)26-4/h5-6,11H,7-10,12-13H2,1-4H3. The summed E-state index contributed by atoms with van der Waals surface area (Å²) in [6, 6.07) is 5.64. The maximum absolute atomic E-state index is 12.7. The topological polar surface area (TPSA) is 54.9 Å². The fourth-order valence-electron chi connectivity index (χ4n) is 3.23. The Morgan fingerprint density at radius 1 is 1.11 bits per heavy atom. The maximum Gasteiger partial charge on any atom is 0.227 e. The van der Waals surface area contributed by atoms with Crippen LogP contribution >= 0.6 is 11.3 Å². The molecule has 0 N–H and O–H groups in total. The highest BCUT2D eigenvalue weighted by atomic mass is 32.1. The van der Waals surface area contributed by atoms with E-state index in [4.69, 9.17) is 9.47 Å². The quantitative estimate of drug-likeness (QED) is 0.760. The summed E-state index contributed by atoms with van der Waals surface area (Å²) in [7, 11) is 3.21. The van der Waals surface area contributed by atoms with E-state index in [2.05, 4.69) is 23.7 Å². The molecule has 1 amide bonds. The van der Waals surface area contributed by atoms with E-state index in [1.165, 1.54) is 4.88 Å². The molecule has 1 aromatic carbocycles. The number of aromatic nitrogens is 1. The second-order valence-electron chi connectivity index (χ2n) is 6.77. The highest BCUT2D eigenvalue weighted by Crippen LogP contribution is 2.28. The van der Waals surface area contributed by atoms with Gasteiger partial charge in [-0.3, -0.25) is 9.69 Å². The monoisotopic (exact) mass is 389 g/mol. The lowest BCUT2D eigenvalue weighted by Gasteiger charge is -2.34. The van der Waals surface area contributed by atoms with Crippen LogP contribution in [0.5, 0.6) is 11.5 Å². The third-order valence-corrected chi connectivity index (χ3v) is 6.02. The molecule has 1 aliphatic heterocycles. The van der Waals surface area contributed by atoms with E-state index in [1.54, 1.807) is 25.6 Å². The molecule has 7 heteroatoms. The fourth-order valence-corrected chi connectivity index (χ4v) is 4.21. The molecule has 1 saturated heterocycles. The molecule has 27 heavy (non-hydrogen) atoms. The van der Waals surface area contributed by atoms with Gasteiger partial charge in [0.1, 0.15) is 5.01 Å². The summed E-state index contributed by atoms with van der Waals surface area (Å²) < 4.78 is 10.6. The number of ether oxygens (including phenoxy) is 2. The van der Waals surface area contributed by atoms with Crippen LogP contribution in [0.2, 0.25) is 0 Å². The van der Waals surface area contributed by atoms with Crippen LogP contribution in [0.15, 0.2) is 18.2 Å². The van der Waals surface area contributed by atoms with E-state index in [0.29, 0.717) is 17.9 Å². The molecule has 1 fully saturated rings. The number of rotatable bonds is 6. The zero-order valence-electron chi connectivity index (χ0n) is 16.4. The largest absolute Gasteiger partial charge is 0.493 e. The molecule has 0 spiro atoms. The van der Waals surface area contributed by atoms with Gasteiger partial charge in [-0.25, -0.2) is 4.98 Å². The second-order valence-corrected chi connectivity index (χ2v) is 8.06. The molecule has 6 nitrogen and oxygen atoms in total. The minimum absolute atomic E-state index is 0.155. The third kappa shape index (κ3) is 4.78. The van der Waals surface area contributed by atoms with Crippen LogP contribution in [0.3, 0.4) is 0 Å². The smallest absolute Gasteiger partial charge is 0.227 e. The van der Waals surface area contributed by atoms with Crippen LogP contribution in [-0.4, -0.2) is 61.1 Å². The van der Waals surface area contributed by atoms with E-state index in [1.807, 2.05) is 23.1 Å². The van der Waals surface area contributed by atoms with Gasteiger partial charge in [-0.05, 0) is 31.5 Å². The molecule has 0 atom stereocenters. The van der Waals surface area contributed by atoms with E-state index >= 15 is 0 Å². The van der Waals surface area contributed by atoms with Crippen LogP contribution in [0.1, 0.15) is 21.1 Å². The van der Waals surface area contributed by atoms with Crippen LogP contribution in [0, 0.1) is 13.8 Å². The van der Waals surface area contributed by atoms with E-state index in [0.717, 1.165) is 49.0 Å². The van der Waals surface area contributed by atoms with Gasteiger partial charge < -0.3 is 14.4 Å². The third-order valence-electron chi connectivity index (χ3n) is 4.96. The van der Waals surface area contributed by atoms with E-state index in [9.17, 15) is 4.79 Å². The van der Waals surface area contributed by atoms with Gasteiger partial charge in [0.2, 0.25) is 5.91 Å². The molecular weight excluding hydrogens is 362 g/mol. The number of hydrogen-bond donors (Lipinski definition) is 0. The van der Waals surface area contributed by atoms with Crippen molar-refractivity contribution in [1.82, 2.24) is 14.8 Å². The number of piperazine rings is 1. The van der Waals surface area contributed by atoms with Gasteiger partial charge in [0.25, 0.3) is 0 Å². The lowest BCUT2D eigenvalue weighted by atomic mass is 10.1. The van der Waals surface area contributed by atoms with Crippen molar-refractivity contribution in [3.63, 3.8) is 0 Å². The van der Waals surface area contributed by atoms with Crippen LogP contribution in [0.25, 0.3) is 0 Å². The number of amides is 1. The molecule has 0 saturated carbocycles. The number of benzene rings is 1. The first-order chi connectivity index (χ1) is 13.0. The molecule has 0 aliphatic carbocycles. The maximum atomic E-state index is 12.7. The Morgan fingerprint density at radius 2 is 1.81 bits per heavy atom. The Morgan fingerprint density at radius 3 is 2.41 bits per heavy atom. The van der Waals surface area contributed by atoms with Gasteiger partial charge in [-0.15, -0.1) is 11.3 Å². The van der Waals surface area contributed by atoms with E-state index < -0.39 is 0 Å². The van der Waals surface area contributed by atoms with Crippen molar-refractivity contribution < 1.29 is 14.3 Å². The van der Waals surface area contributed by atoms with Gasteiger partial charge in [-0.1, -0.05) is 6.07 Å². The molecule has 146 valence electrons. The lowest BCUT2D eigenvalue weighted by molar-refractivity contribution is -0.132. The molecule has 0 bridgehead atoms. The first-order valence-electron chi connectivity index (χ1n) is 9.14. The number of aryl methyl sites for hydroxylation is 2. The number of carbonyl (C=O) groups is 1. The van der Waals surface area contributed by atoms with Crippen molar-refractivity contribution in [3.8, 4) is 11.5 Å². The van der Waals surface area contributed by atoms with Crippen molar-refractivity contribution >= 4 is 17.2 Å². The molecule has 0 radical (unpaired) electrons. The average molecular weight is 390 g/mol. The Kier molecular flexibility index (Phi) is 6.34. The van der Waals surface area contributed by atoms with Crippen molar-refractivity contribution in [2.45, 2.75) is 26.8 Å². The zero-order valence-corrected chi connectivity index (χ0v) is 17.3. The number of hydrogen-bond acceptors (Lipinski definition) is 6. The fraction of sp³-hybridized carbons (Fsp3) is 0.500. The summed E-state index contributed by atoms with van der Waals surface area (Å²) in [5, 5.41) is 1.16. The molecule has 1 aromatic heterocycles. The molecule has 1 aliphatic rings. The van der Waals surface area contributed by atoms with Crippen molar-refractivity contribution in [2.75, 3.05) is 40.4 Å². The average Bonchev–Trinajstić information content (AvgIpc) is 2.99. The normalized spacial score (nSPS) is 15.0. The van der Waals surface area contributed by atoms with Gasteiger partial charge >= 0.3 is 0 Å². The zero-order chi connectivity index (χ0) is 19.4. The number of carbonyl (C=O) groups excluding carboxylic acids is 1. The first kappa shape index (κ1) is 19.6. The molecule has 2 heterocycles. The lowest BCUT2D eigenvalue weighted by Crippen LogP contribution is -2.48. The summed E-state index contributed by atoms with van der Waals surface area (Å²) in [5.74, 6) is 1.49. The summed E-state index contributed by atoms with van der Waals surface area (Å²) in [6.07, 6.45) is 0.380. The Labute approximate surface area is 164 Å². The Balaban J connectivity index is 1.52. The van der Waals surface area contributed by atoms with Gasteiger partial charge in [-0.2, -0.15) is 0 Å². The first-order valence-corrected chi connectivity index (χ1v) is 9.95. The molecular formula is C20H27N3O3S. The Hall–Kier alpha value is -2.12. The van der Waals surface area contributed by atoms with E-state index in [-0.39, 0.29) is 5.91 Å². The summed E-state index contributed by atoms with van der Waals surface area (Å²) in [6.45, 7) is 8.33. The van der Waals surface area contributed by atoms with Gasteiger partial charge in [0.15, 0.2) is 11.5 Å². The predicted octanol–water partition coefficient (Wildman–Crippen LogP) is 2.66. The van der Waals surface area contributed by atoms with Gasteiger partial charge in [0, 0.05) is 31.1 Å². The highest BCUT2D eigenvalue weighted by molar-refractivity contribution is 7.11. The number of thiazole rings is 1. The molecule has 0 unspecified atom stereocenters. The number of methoxy groups -OCH3 is 2. The Bertz CT molecular complexity index is 778. The van der Waals surface area contributed by atoms with Crippen molar-refractivity contribution in [2.24, 2.45) is 0 Å². The summed E-state index contributed by atoms with van der Waals surface area (Å²) in [5.41, 5.74) is 2.06. The minimum Gasteiger partial charge on any atom is -0.493 e. The predicted molar refractivity (Wildman–Crippen MR) is 107 cm³/mol. The van der Waals surface area contributed by atoms with Crippen LogP contribution < -0.4 is 9.47 Å². The minimum atomic E-state index is 0.155. The summed E-state index contributed by atoms with van der Waals surface area (Å²) in [4.78, 5) is 22.9. The number of nitrogens with zero attached hydrogens (tertiary/aromatic N) is 3. The highest BCUT2D eigenvalue weighted by Gasteiger charge is 2.22. The summed E-state index contributed by atoms with van der Waals surface area (Å²) >= 11 is 1.77. The molecule has 2 aromatic rings. The SMILES string of the molecule is COc1ccc(CC(=O)N2CCN(Cc3nc(C)c(C)s3)CC2)cc1OC. The second kappa shape index (κ2) is 8.71. The van der Waals surface area contributed by atoms with Crippen molar-refractivity contribution in [3.05, 3.63) is 39.3 Å². The van der Waals surface area contributed by atoms with Gasteiger partial charge in [0.05, 0.1) is 32.9 Å². The molecule has 3 rings (SSSR count).